The molecular formula is C21H22FN5O2. The number of rotatable bonds is 4. The van der Waals surface area contributed by atoms with Gasteiger partial charge in [-0.25, -0.2) is 14.4 Å². The van der Waals surface area contributed by atoms with Crippen molar-refractivity contribution in [1.82, 2.24) is 19.3 Å². The molecule has 1 atom stereocenters. The Labute approximate surface area is 167 Å². The van der Waals surface area contributed by atoms with Crippen molar-refractivity contribution in [3.63, 3.8) is 0 Å². The molecule has 1 aromatic carbocycles. The van der Waals surface area contributed by atoms with Crippen molar-refractivity contribution in [1.29, 1.82) is 0 Å². The molecule has 0 spiro atoms. The molecule has 150 valence electrons. The van der Waals surface area contributed by atoms with E-state index in [-0.39, 0.29) is 5.91 Å². The van der Waals surface area contributed by atoms with Crippen LogP contribution < -0.4 is 5.32 Å². The fraction of sp³-hybridized carbons (Fsp3) is 0.381. The van der Waals surface area contributed by atoms with Gasteiger partial charge in [-0.15, -0.1) is 0 Å². The summed E-state index contributed by atoms with van der Waals surface area (Å²) in [4.78, 5) is 23.4. The normalized spacial score (nSPS) is 20.1. The second kappa shape index (κ2) is 7.20. The number of nitrogens with one attached hydrogen (secondary N) is 1. The summed E-state index contributed by atoms with van der Waals surface area (Å²) in [5.74, 6) is 0.466. The van der Waals surface area contributed by atoms with Crippen LogP contribution in [0, 0.1) is 5.82 Å². The van der Waals surface area contributed by atoms with E-state index in [1.54, 1.807) is 18.3 Å². The van der Waals surface area contributed by atoms with Crippen LogP contribution in [0.1, 0.15) is 24.3 Å². The number of anilines is 1. The van der Waals surface area contributed by atoms with Crippen molar-refractivity contribution in [2.75, 3.05) is 32.1 Å². The number of imidazole rings is 1. The Balaban J connectivity index is 1.40. The molecule has 3 aromatic rings. The SMILES string of the molecule is CN1CCOC(C(=O)Nc2ccc(F)c(-c3cn4cc(C5CC5)cnc4n3)c2)C1. The lowest BCUT2D eigenvalue weighted by atomic mass is 10.1. The first kappa shape index (κ1) is 18.2. The molecular weight excluding hydrogens is 373 g/mol. The zero-order chi connectivity index (χ0) is 20.0. The highest BCUT2D eigenvalue weighted by Gasteiger charge is 2.26. The molecule has 2 aliphatic rings. The van der Waals surface area contributed by atoms with E-state index in [9.17, 15) is 9.18 Å². The summed E-state index contributed by atoms with van der Waals surface area (Å²) in [6.07, 6.45) is 7.46. The van der Waals surface area contributed by atoms with Crippen molar-refractivity contribution >= 4 is 17.4 Å². The van der Waals surface area contributed by atoms with Gasteiger partial charge in [0, 0.05) is 42.9 Å². The molecule has 0 bridgehead atoms. The fourth-order valence-corrected chi connectivity index (χ4v) is 3.62. The maximum atomic E-state index is 14.5. The Morgan fingerprint density at radius 2 is 2.17 bits per heavy atom. The van der Waals surface area contributed by atoms with E-state index in [1.807, 2.05) is 28.7 Å². The molecule has 2 aromatic heterocycles. The van der Waals surface area contributed by atoms with Crippen LogP contribution >= 0.6 is 0 Å². The average molecular weight is 395 g/mol. The highest BCUT2D eigenvalue weighted by molar-refractivity contribution is 5.95. The topological polar surface area (TPSA) is 71.8 Å². The molecule has 1 saturated heterocycles. The van der Waals surface area contributed by atoms with E-state index < -0.39 is 11.9 Å². The minimum atomic E-state index is -0.539. The number of carbonyl (C=O) groups is 1. The van der Waals surface area contributed by atoms with Crippen molar-refractivity contribution < 1.29 is 13.9 Å². The van der Waals surface area contributed by atoms with Crippen LogP contribution in [0.25, 0.3) is 17.0 Å². The van der Waals surface area contributed by atoms with E-state index >= 15 is 0 Å². The molecule has 1 unspecified atom stereocenters. The van der Waals surface area contributed by atoms with Crippen molar-refractivity contribution in [3.05, 3.63) is 48.2 Å². The quantitative estimate of drug-likeness (QED) is 0.735. The maximum absolute atomic E-state index is 14.5. The smallest absolute Gasteiger partial charge is 0.254 e. The van der Waals surface area contributed by atoms with Crippen LogP contribution in [0.3, 0.4) is 0 Å². The van der Waals surface area contributed by atoms with Gasteiger partial charge in [0.2, 0.25) is 5.78 Å². The number of hydrogen-bond donors (Lipinski definition) is 1. The summed E-state index contributed by atoms with van der Waals surface area (Å²) in [6, 6.07) is 4.48. The number of benzene rings is 1. The molecule has 1 amide bonds. The number of ether oxygens (including phenoxy) is 1. The molecule has 1 aliphatic heterocycles. The maximum Gasteiger partial charge on any atom is 0.254 e. The highest BCUT2D eigenvalue weighted by atomic mass is 19.1. The number of halogens is 1. The third-order valence-corrected chi connectivity index (χ3v) is 5.45. The third-order valence-electron chi connectivity index (χ3n) is 5.45. The zero-order valence-electron chi connectivity index (χ0n) is 16.1. The van der Waals surface area contributed by atoms with Crippen LogP contribution in [0.5, 0.6) is 0 Å². The Bertz CT molecular complexity index is 1080. The largest absolute Gasteiger partial charge is 0.366 e. The number of nitrogens with zero attached hydrogens (tertiary/aromatic N) is 4. The van der Waals surface area contributed by atoms with E-state index in [0.29, 0.717) is 41.8 Å². The number of carbonyl (C=O) groups excluding carboxylic acids is 1. The van der Waals surface area contributed by atoms with Crippen LogP contribution in [-0.2, 0) is 9.53 Å². The minimum absolute atomic E-state index is 0.236. The number of fused-ring (bicyclic) bond motifs is 1. The van der Waals surface area contributed by atoms with Gasteiger partial charge >= 0.3 is 0 Å². The van der Waals surface area contributed by atoms with Crippen molar-refractivity contribution in [2.45, 2.75) is 24.9 Å². The predicted molar refractivity (Wildman–Crippen MR) is 106 cm³/mol. The standard InChI is InChI=1S/C21H22FN5O2/c1-26-6-7-29-19(12-26)20(28)24-15-4-5-17(22)16(8-15)18-11-27-10-14(13-2-3-13)9-23-21(27)25-18/h4-5,8-11,13,19H,2-3,6-7,12H2,1H3,(H,24,28). The van der Waals surface area contributed by atoms with Crippen molar-refractivity contribution in [2.24, 2.45) is 0 Å². The van der Waals surface area contributed by atoms with Gasteiger partial charge < -0.3 is 15.0 Å². The molecule has 29 heavy (non-hydrogen) atoms. The van der Waals surface area contributed by atoms with E-state index in [0.717, 1.165) is 6.54 Å². The lowest BCUT2D eigenvalue weighted by Crippen LogP contribution is -2.46. The summed E-state index contributed by atoms with van der Waals surface area (Å²) in [6.45, 7) is 1.84. The highest BCUT2D eigenvalue weighted by Crippen LogP contribution is 2.39. The summed E-state index contributed by atoms with van der Waals surface area (Å²) >= 11 is 0. The zero-order valence-corrected chi connectivity index (χ0v) is 16.1. The molecule has 7 nitrogen and oxygen atoms in total. The molecule has 1 N–H and O–H groups in total. The van der Waals surface area contributed by atoms with Crippen LogP contribution in [0.2, 0.25) is 0 Å². The monoisotopic (exact) mass is 395 g/mol. The van der Waals surface area contributed by atoms with Gasteiger partial charge in [0.1, 0.15) is 11.9 Å². The van der Waals surface area contributed by atoms with E-state index in [2.05, 4.69) is 15.3 Å². The molecule has 5 rings (SSSR count). The predicted octanol–water partition coefficient (Wildman–Crippen LogP) is 2.68. The van der Waals surface area contributed by atoms with Crippen LogP contribution in [0.4, 0.5) is 10.1 Å². The first-order valence-electron chi connectivity index (χ1n) is 9.82. The Morgan fingerprint density at radius 1 is 1.31 bits per heavy atom. The average Bonchev–Trinajstić information content (AvgIpc) is 3.48. The van der Waals surface area contributed by atoms with E-state index in [1.165, 1.54) is 24.5 Å². The lowest BCUT2D eigenvalue weighted by molar-refractivity contribution is -0.132. The summed E-state index contributed by atoms with van der Waals surface area (Å²) in [5, 5.41) is 2.83. The van der Waals surface area contributed by atoms with Gasteiger partial charge in [-0.2, -0.15) is 0 Å². The number of morpholine rings is 1. The molecule has 1 saturated carbocycles. The lowest BCUT2D eigenvalue weighted by Gasteiger charge is -2.29. The van der Waals surface area contributed by atoms with Crippen LogP contribution in [0.15, 0.2) is 36.8 Å². The van der Waals surface area contributed by atoms with Gasteiger partial charge in [-0.05, 0) is 49.6 Å². The van der Waals surface area contributed by atoms with Gasteiger partial charge in [0.05, 0.1) is 12.3 Å². The number of hydrogen-bond acceptors (Lipinski definition) is 5. The molecule has 0 radical (unpaired) electrons. The van der Waals surface area contributed by atoms with Gasteiger partial charge in [-0.3, -0.25) is 9.20 Å². The molecule has 8 heteroatoms. The van der Waals surface area contributed by atoms with Gasteiger partial charge in [-0.1, -0.05) is 0 Å². The Morgan fingerprint density at radius 3 is 2.97 bits per heavy atom. The van der Waals surface area contributed by atoms with Gasteiger partial charge in [0.15, 0.2) is 0 Å². The first-order chi connectivity index (χ1) is 14.1. The molecule has 3 heterocycles. The second-order valence-corrected chi connectivity index (χ2v) is 7.80. The molecule has 1 aliphatic carbocycles. The molecule has 2 fully saturated rings. The second-order valence-electron chi connectivity index (χ2n) is 7.80. The van der Waals surface area contributed by atoms with Gasteiger partial charge in [0.25, 0.3) is 5.91 Å². The fourth-order valence-electron chi connectivity index (χ4n) is 3.62. The summed E-state index contributed by atoms with van der Waals surface area (Å²) in [7, 11) is 1.95. The van der Waals surface area contributed by atoms with Crippen LogP contribution in [-0.4, -0.2) is 58.0 Å². The first-order valence-corrected chi connectivity index (χ1v) is 9.82. The Kier molecular flexibility index (Phi) is 4.52. The van der Waals surface area contributed by atoms with Crippen molar-refractivity contribution in [3.8, 4) is 11.3 Å². The number of likely N-dealkylation sites (N-methyl/N-ethyl adjacent to an activating group) is 1. The third kappa shape index (κ3) is 3.73. The minimum Gasteiger partial charge on any atom is -0.366 e. The van der Waals surface area contributed by atoms with E-state index in [4.69, 9.17) is 4.74 Å². The number of aromatic nitrogens is 3. The summed E-state index contributed by atoms with van der Waals surface area (Å²) < 4.78 is 21.9. The Hall–Kier alpha value is -2.84. The summed E-state index contributed by atoms with van der Waals surface area (Å²) in [5.41, 5.74) is 2.49. The number of amides is 1.